The van der Waals surface area contributed by atoms with Gasteiger partial charge in [0.2, 0.25) is 0 Å². The van der Waals surface area contributed by atoms with Crippen molar-refractivity contribution >= 4 is 11.0 Å². The first-order valence-corrected chi connectivity index (χ1v) is 5.33. The van der Waals surface area contributed by atoms with E-state index in [0.717, 1.165) is 0 Å². The van der Waals surface area contributed by atoms with Crippen LogP contribution >= 0.6 is 0 Å². The number of rotatable bonds is 2. The van der Waals surface area contributed by atoms with Crippen LogP contribution < -0.4 is 0 Å². The standard InChI is InChI=1S/C13H15FO2/c1-8(2)13(3,15)12-7-9-6-10(14)4-5-11(9)16-12/h4-8,15H,1-3H3. The topological polar surface area (TPSA) is 33.4 Å². The van der Waals surface area contributed by atoms with Crippen molar-refractivity contribution in [2.75, 3.05) is 0 Å². The van der Waals surface area contributed by atoms with Crippen molar-refractivity contribution in [3.05, 3.63) is 35.8 Å². The number of furan rings is 1. The van der Waals surface area contributed by atoms with Crippen LogP contribution in [0.25, 0.3) is 11.0 Å². The minimum absolute atomic E-state index is 0.0258. The number of aliphatic hydroxyl groups is 1. The molecule has 1 aromatic heterocycles. The van der Waals surface area contributed by atoms with Gasteiger partial charge in [-0.1, -0.05) is 13.8 Å². The molecule has 16 heavy (non-hydrogen) atoms. The van der Waals surface area contributed by atoms with E-state index in [1.807, 2.05) is 13.8 Å². The molecule has 0 fully saturated rings. The second kappa shape index (κ2) is 3.59. The van der Waals surface area contributed by atoms with Crippen LogP contribution in [-0.4, -0.2) is 5.11 Å². The lowest BCUT2D eigenvalue weighted by atomic mass is 9.90. The van der Waals surface area contributed by atoms with Gasteiger partial charge in [-0.3, -0.25) is 0 Å². The summed E-state index contributed by atoms with van der Waals surface area (Å²) in [6, 6.07) is 6.02. The Morgan fingerprint density at radius 3 is 2.62 bits per heavy atom. The van der Waals surface area contributed by atoms with Crippen molar-refractivity contribution in [3.63, 3.8) is 0 Å². The molecule has 1 unspecified atom stereocenters. The fraction of sp³-hybridized carbons (Fsp3) is 0.385. The van der Waals surface area contributed by atoms with Gasteiger partial charge in [-0.05, 0) is 37.1 Å². The molecule has 0 amide bonds. The molecule has 3 heteroatoms. The summed E-state index contributed by atoms with van der Waals surface area (Å²) in [6.45, 7) is 5.52. The maximum absolute atomic E-state index is 13.0. The molecular formula is C13H15FO2. The summed E-state index contributed by atoms with van der Waals surface area (Å²) in [5, 5.41) is 10.9. The van der Waals surface area contributed by atoms with E-state index in [9.17, 15) is 9.50 Å². The van der Waals surface area contributed by atoms with Crippen molar-refractivity contribution in [3.8, 4) is 0 Å². The summed E-state index contributed by atoms with van der Waals surface area (Å²) in [7, 11) is 0. The average molecular weight is 222 g/mol. The Kier molecular flexibility index (Phi) is 2.50. The highest BCUT2D eigenvalue weighted by atomic mass is 19.1. The molecule has 0 radical (unpaired) electrons. The van der Waals surface area contributed by atoms with Gasteiger partial charge in [-0.15, -0.1) is 0 Å². The van der Waals surface area contributed by atoms with Gasteiger partial charge in [0.05, 0.1) is 0 Å². The van der Waals surface area contributed by atoms with Crippen molar-refractivity contribution in [1.82, 2.24) is 0 Å². The number of fused-ring (bicyclic) bond motifs is 1. The molecule has 2 aromatic rings. The monoisotopic (exact) mass is 222 g/mol. The fourth-order valence-corrected chi connectivity index (χ4v) is 1.55. The van der Waals surface area contributed by atoms with Gasteiger partial charge in [0.25, 0.3) is 0 Å². The highest BCUT2D eigenvalue weighted by molar-refractivity contribution is 5.78. The summed E-state index contributed by atoms with van der Waals surface area (Å²) in [6.07, 6.45) is 0. The molecule has 2 nitrogen and oxygen atoms in total. The SMILES string of the molecule is CC(C)C(C)(O)c1cc2cc(F)ccc2o1. The predicted octanol–water partition coefficient (Wildman–Crippen LogP) is 3.44. The van der Waals surface area contributed by atoms with E-state index < -0.39 is 5.60 Å². The van der Waals surface area contributed by atoms with Gasteiger partial charge >= 0.3 is 0 Å². The van der Waals surface area contributed by atoms with Crippen molar-refractivity contribution in [1.29, 1.82) is 0 Å². The van der Waals surface area contributed by atoms with Crippen LogP contribution in [0.4, 0.5) is 4.39 Å². The van der Waals surface area contributed by atoms with Crippen LogP contribution in [0.5, 0.6) is 0 Å². The zero-order chi connectivity index (χ0) is 11.9. The molecule has 0 saturated heterocycles. The van der Waals surface area contributed by atoms with Crippen molar-refractivity contribution in [2.45, 2.75) is 26.4 Å². The number of halogens is 1. The summed E-state index contributed by atoms with van der Waals surface area (Å²) in [5.41, 5.74) is -0.438. The molecule has 1 aromatic carbocycles. The second-order valence-corrected chi connectivity index (χ2v) is 4.60. The van der Waals surface area contributed by atoms with Gasteiger partial charge in [0.1, 0.15) is 22.8 Å². The fourth-order valence-electron chi connectivity index (χ4n) is 1.55. The lowest BCUT2D eigenvalue weighted by molar-refractivity contribution is -0.00980. The first-order chi connectivity index (χ1) is 7.41. The minimum atomic E-state index is -1.03. The normalized spacial score (nSPS) is 15.6. The van der Waals surface area contributed by atoms with Crippen LogP contribution in [0.2, 0.25) is 0 Å². The molecule has 1 N–H and O–H groups in total. The molecule has 1 atom stereocenters. The first-order valence-electron chi connectivity index (χ1n) is 5.33. The van der Waals surface area contributed by atoms with E-state index in [0.29, 0.717) is 16.7 Å². The lowest BCUT2D eigenvalue weighted by Gasteiger charge is -2.24. The van der Waals surface area contributed by atoms with Gasteiger partial charge < -0.3 is 9.52 Å². The zero-order valence-electron chi connectivity index (χ0n) is 9.62. The molecule has 0 aliphatic heterocycles. The third kappa shape index (κ3) is 1.71. The predicted molar refractivity (Wildman–Crippen MR) is 60.6 cm³/mol. The first kappa shape index (κ1) is 11.1. The maximum atomic E-state index is 13.0. The maximum Gasteiger partial charge on any atom is 0.136 e. The quantitative estimate of drug-likeness (QED) is 0.844. The Morgan fingerprint density at radius 1 is 1.31 bits per heavy atom. The van der Waals surface area contributed by atoms with Gasteiger partial charge in [0, 0.05) is 5.39 Å². The Bertz CT molecular complexity index is 512. The zero-order valence-corrected chi connectivity index (χ0v) is 9.62. The Hall–Kier alpha value is -1.35. The summed E-state index contributed by atoms with van der Waals surface area (Å²) < 4.78 is 18.5. The molecule has 1 heterocycles. The molecule has 0 bridgehead atoms. The summed E-state index contributed by atoms with van der Waals surface area (Å²) in [4.78, 5) is 0. The number of hydrogen-bond donors (Lipinski definition) is 1. The molecule has 0 aliphatic carbocycles. The van der Waals surface area contributed by atoms with Crippen LogP contribution in [0.3, 0.4) is 0 Å². The van der Waals surface area contributed by atoms with E-state index in [1.165, 1.54) is 12.1 Å². The Labute approximate surface area is 93.7 Å². The van der Waals surface area contributed by atoms with Gasteiger partial charge in [-0.25, -0.2) is 4.39 Å². The molecule has 86 valence electrons. The Morgan fingerprint density at radius 2 is 2.00 bits per heavy atom. The van der Waals surface area contributed by atoms with Crippen LogP contribution in [0.15, 0.2) is 28.7 Å². The summed E-state index contributed by atoms with van der Waals surface area (Å²) in [5.74, 6) is 0.199. The van der Waals surface area contributed by atoms with Crippen LogP contribution in [-0.2, 0) is 5.60 Å². The van der Waals surface area contributed by atoms with E-state index in [4.69, 9.17) is 4.42 Å². The van der Waals surface area contributed by atoms with E-state index in [-0.39, 0.29) is 11.7 Å². The highest BCUT2D eigenvalue weighted by Crippen LogP contribution is 2.33. The van der Waals surface area contributed by atoms with Gasteiger partial charge in [0.15, 0.2) is 0 Å². The largest absolute Gasteiger partial charge is 0.458 e. The average Bonchev–Trinajstić information content (AvgIpc) is 2.60. The van der Waals surface area contributed by atoms with E-state index >= 15 is 0 Å². The second-order valence-electron chi connectivity index (χ2n) is 4.60. The number of hydrogen-bond acceptors (Lipinski definition) is 2. The van der Waals surface area contributed by atoms with Crippen molar-refractivity contribution < 1.29 is 13.9 Å². The Balaban J connectivity index is 2.55. The molecule has 2 rings (SSSR count). The number of benzene rings is 1. The van der Waals surface area contributed by atoms with E-state index in [2.05, 4.69) is 0 Å². The van der Waals surface area contributed by atoms with Crippen LogP contribution in [0.1, 0.15) is 26.5 Å². The van der Waals surface area contributed by atoms with E-state index in [1.54, 1.807) is 19.1 Å². The minimum Gasteiger partial charge on any atom is -0.458 e. The van der Waals surface area contributed by atoms with Crippen LogP contribution in [0, 0.1) is 11.7 Å². The lowest BCUT2D eigenvalue weighted by Crippen LogP contribution is -2.27. The van der Waals surface area contributed by atoms with Crippen molar-refractivity contribution in [2.24, 2.45) is 5.92 Å². The summed E-state index contributed by atoms with van der Waals surface area (Å²) >= 11 is 0. The molecule has 0 spiro atoms. The molecule has 0 aliphatic rings. The molecule has 0 saturated carbocycles. The third-order valence-corrected chi connectivity index (χ3v) is 3.10. The third-order valence-electron chi connectivity index (χ3n) is 3.10. The van der Waals surface area contributed by atoms with Gasteiger partial charge in [-0.2, -0.15) is 0 Å². The molecular weight excluding hydrogens is 207 g/mol. The smallest absolute Gasteiger partial charge is 0.136 e. The highest BCUT2D eigenvalue weighted by Gasteiger charge is 2.31.